The second-order valence-corrected chi connectivity index (χ2v) is 10.1. The van der Waals surface area contributed by atoms with E-state index in [1.807, 2.05) is 30.3 Å². The number of halogens is 3. The molecule has 5 nitrogen and oxygen atoms in total. The lowest BCUT2D eigenvalue weighted by Crippen LogP contribution is -2.52. The Morgan fingerprint density at radius 3 is 2.13 bits per heavy atom. The van der Waals surface area contributed by atoms with Crippen LogP contribution in [0.4, 0.5) is 13.2 Å². The number of rotatable bonds is 5. The summed E-state index contributed by atoms with van der Waals surface area (Å²) in [6.07, 6.45) is -4.77. The van der Waals surface area contributed by atoms with Gasteiger partial charge in [-0.05, 0) is 31.2 Å². The summed E-state index contributed by atoms with van der Waals surface area (Å²) in [5, 5.41) is -0.360. The molecule has 10 heteroatoms. The number of amides is 1. The summed E-state index contributed by atoms with van der Waals surface area (Å²) < 4.78 is 66.4. The van der Waals surface area contributed by atoms with E-state index in [1.165, 1.54) is 17.8 Å². The molecular weight excluding hydrogens is 437 g/mol. The first-order valence-corrected chi connectivity index (χ1v) is 11.6. The molecule has 30 heavy (non-hydrogen) atoms. The van der Waals surface area contributed by atoms with Crippen molar-refractivity contribution in [2.45, 2.75) is 28.1 Å². The fourth-order valence-corrected chi connectivity index (χ4v) is 5.83. The lowest BCUT2D eigenvalue weighted by molar-refractivity contribution is -0.139. The minimum absolute atomic E-state index is 0.0526. The van der Waals surface area contributed by atoms with Gasteiger partial charge in [-0.25, -0.2) is 8.42 Å². The molecule has 0 N–H and O–H groups in total. The molecule has 1 heterocycles. The number of piperazine rings is 1. The molecule has 0 saturated carbocycles. The smallest absolute Gasteiger partial charge is 0.339 e. The number of hydrogen-bond acceptors (Lipinski definition) is 4. The van der Waals surface area contributed by atoms with E-state index in [4.69, 9.17) is 0 Å². The van der Waals surface area contributed by atoms with Crippen molar-refractivity contribution in [1.82, 2.24) is 9.21 Å². The maximum Gasteiger partial charge on any atom is 0.417 e. The molecule has 0 radical (unpaired) electrons. The minimum atomic E-state index is -4.77. The number of nitrogens with zero attached hydrogens (tertiary/aromatic N) is 2. The highest BCUT2D eigenvalue weighted by Gasteiger charge is 2.40. The number of alkyl halides is 3. The highest BCUT2D eigenvalue weighted by Crippen LogP contribution is 2.35. The van der Waals surface area contributed by atoms with Gasteiger partial charge >= 0.3 is 6.18 Å². The largest absolute Gasteiger partial charge is 0.417 e. The standard InChI is InChI=1S/C20H21F3N2O3S2/c1-15(29-16-7-3-2-4-8-16)19(26)24-11-13-25(14-12-24)30(27,28)18-10-6-5-9-17(18)20(21,22)23/h2-10,15H,11-14H2,1H3/t15-/m0/s1. The maximum absolute atomic E-state index is 13.2. The number of thioether (sulfide) groups is 1. The molecule has 1 atom stereocenters. The zero-order valence-corrected chi connectivity index (χ0v) is 17.8. The Kier molecular flexibility index (Phi) is 6.78. The quantitative estimate of drug-likeness (QED) is 0.641. The highest BCUT2D eigenvalue weighted by atomic mass is 32.2. The third-order valence-electron chi connectivity index (χ3n) is 4.76. The van der Waals surface area contributed by atoms with Crippen LogP contribution in [-0.2, 0) is 21.0 Å². The molecule has 1 saturated heterocycles. The van der Waals surface area contributed by atoms with Crippen molar-refractivity contribution in [3.8, 4) is 0 Å². The van der Waals surface area contributed by atoms with Crippen LogP contribution < -0.4 is 0 Å². The lowest BCUT2D eigenvalue weighted by Gasteiger charge is -2.35. The summed E-state index contributed by atoms with van der Waals surface area (Å²) in [5.74, 6) is -0.128. The van der Waals surface area contributed by atoms with Gasteiger partial charge in [0.05, 0.1) is 15.7 Å². The second kappa shape index (κ2) is 8.99. The van der Waals surface area contributed by atoms with E-state index in [9.17, 15) is 26.4 Å². The zero-order chi connectivity index (χ0) is 21.9. The highest BCUT2D eigenvalue weighted by molar-refractivity contribution is 8.00. The van der Waals surface area contributed by atoms with Crippen LogP contribution >= 0.6 is 11.8 Å². The Balaban J connectivity index is 1.67. The lowest BCUT2D eigenvalue weighted by atomic mass is 10.2. The first-order valence-electron chi connectivity index (χ1n) is 9.27. The maximum atomic E-state index is 13.2. The molecule has 0 spiro atoms. The second-order valence-electron chi connectivity index (χ2n) is 6.80. The number of carbonyl (C=O) groups is 1. The topological polar surface area (TPSA) is 57.7 Å². The van der Waals surface area contributed by atoms with Gasteiger partial charge in [0.2, 0.25) is 15.9 Å². The van der Waals surface area contributed by atoms with Crippen LogP contribution in [0.15, 0.2) is 64.4 Å². The van der Waals surface area contributed by atoms with E-state index in [-0.39, 0.29) is 37.3 Å². The molecule has 1 aliphatic rings. The summed E-state index contributed by atoms with van der Waals surface area (Å²) in [4.78, 5) is 14.4. The van der Waals surface area contributed by atoms with Gasteiger partial charge in [-0.1, -0.05) is 30.3 Å². The Bertz CT molecular complexity index is 990. The summed E-state index contributed by atoms with van der Waals surface area (Å²) >= 11 is 1.41. The molecular formula is C20H21F3N2O3S2. The molecule has 0 aromatic heterocycles. The first-order chi connectivity index (χ1) is 14.1. The SMILES string of the molecule is C[C@H](Sc1ccccc1)C(=O)N1CCN(S(=O)(=O)c2ccccc2C(F)(F)F)CC1. The third-order valence-corrected chi connectivity index (χ3v) is 7.82. The predicted molar refractivity (Wildman–Crippen MR) is 109 cm³/mol. The molecule has 0 bridgehead atoms. The van der Waals surface area contributed by atoms with Crippen molar-refractivity contribution in [1.29, 1.82) is 0 Å². The van der Waals surface area contributed by atoms with Crippen molar-refractivity contribution in [2.24, 2.45) is 0 Å². The van der Waals surface area contributed by atoms with Gasteiger partial charge in [0.15, 0.2) is 0 Å². The van der Waals surface area contributed by atoms with E-state index < -0.39 is 26.7 Å². The molecule has 1 aliphatic heterocycles. The van der Waals surface area contributed by atoms with Gasteiger partial charge in [-0.3, -0.25) is 4.79 Å². The summed E-state index contributed by atoms with van der Waals surface area (Å²) in [6.45, 7) is 1.94. The molecule has 162 valence electrons. The van der Waals surface area contributed by atoms with Gasteiger partial charge in [0.25, 0.3) is 0 Å². The fraction of sp³-hybridized carbons (Fsp3) is 0.350. The zero-order valence-electron chi connectivity index (χ0n) is 16.2. The van der Waals surface area contributed by atoms with Gasteiger partial charge in [0, 0.05) is 31.1 Å². The molecule has 0 aliphatic carbocycles. The number of hydrogen-bond donors (Lipinski definition) is 0. The van der Waals surface area contributed by atoms with Gasteiger partial charge in [-0.2, -0.15) is 17.5 Å². The van der Waals surface area contributed by atoms with Crippen molar-refractivity contribution < 1.29 is 26.4 Å². The first kappa shape index (κ1) is 22.6. The number of benzene rings is 2. The van der Waals surface area contributed by atoms with Crippen molar-refractivity contribution in [3.63, 3.8) is 0 Å². The van der Waals surface area contributed by atoms with Crippen LogP contribution in [0.5, 0.6) is 0 Å². The van der Waals surface area contributed by atoms with Crippen LogP contribution in [-0.4, -0.2) is 55.0 Å². The van der Waals surface area contributed by atoms with E-state index >= 15 is 0 Å². The number of sulfonamides is 1. The van der Waals surface area contributed by atoms with Crippen LogP contribution in [0.2, 0.25) is 0 Å². The van der Waals surface area contributed by atoms with E-state index in [0.717, 1.165) is 27.4 Å². The Hall–Kier alpha value is -2.04. The molecule has 0 unspecified atom stereocenters. The minimum Gasteiger partial charge on any atom is -0.339 e. The molecule has 3 rings (SSSR count). The molecule has 1 amide bonds. The van der Waals surface area contributed by atoms with Gasteiger partial charge in [-0.15, -0.1) is 11.8 Å². The summed E-state index contributed by atoms with van der Waals surface area (Å²) in [6, 6.07) is 13.6. The van der Waals surface area contributed by atoms with Gasteiger partial charge in [0.1, 0.15) is 0 Å². The van der Waals surface area contributed by atoms with Crippen LogP contribution in [0.25, 0.3) is 0 Å². The predicted octanol–water partition coefficient (Wildman–Crippen LogP) is 3.72. The molecule has 2 aromatic rings. The average Bonchev–Trinajstić information content (AvgIpc) is 2.73. The Morgan fingerprint density at radius 1 is 0.967 bits per heavy atom. The van der Waals surface area contributed by atoms with Gasteiger partial charge < -0.3 is 4.90 Å². The number of carbonyl (C=O) groups excluding carboxylic acids is 1. The van der Waals surface area contributed by atoms with Crippen LogP contribution in [0, 0.1) is 0 Å². The summed E-state index contributed by atoms with van der Waals surface area (Å²) in [7, 11) is -4.32. The molecule has 1 fully saturated rings. The molecule has 2 aromatic carbocycles. The van der Waals surface area contributed by atoms with Crippen molar-refractivity contribution >= 4 is 27.7 Å². The van der Waals surface area contributed by atoms with Crippen molar-refractivity contribution in [3.05, 3.63) is 60.2 Å². The fourth-order valence-electron chi connectivity index (χ4n) is 3.22. The average molecular weight is 459 g/mol. The van der Waals surface area contributed by atoms with E-state index in [0.29, 0.717) is 0 Å². The Labute approximate surface area is 177 Å². The monoisotopic (exact) mass is 458 g/mol. The third kappa shape index (κ3) is 4.98. The van der Waals surface area contributed by atoms with Crippen LogP contribution in [0.1, 0.15) is 12.5 Å². The van der Waals surface area contributed by atoms with E-state index in [2.05, 4.69) is 0 Å². The van der Waals surface area contributed by atoms with E-state index in [1.54, 1.807) is 11.8 Å². The summed E-state index contributed by atoms with van der Waals surface area (Å²) in [5.41, 5.74) is -1.18. The van der Waals surface area contributed by atoms with Crippen LogP contribution in [0.3, 0.4) is 0 Å². The Morgan fingerprint density at radius 2 is 1.53 bits per heavy atom. The normalized spacial score (nSPS) is 17.0. The van der Waals surface area contributed by atoms with Crippen molar-refractivity contribution in [2.75, 3.05) is 26.2 Å².